The Balaban J connectivity index is 1.21. The van der Waals surface area contributed by atoms with Crippen LogP contribution in [0.15, 0.2) is 90.0 Å². The third kappa shape index (κ3) is 8.69. The molecule has 2 bridgehead atoms. The number of amides is 3. The van der Waals surface area contributed by atoms with Crippen LogP contribution in [0, 0.1) is 0 Å². The summed E-state index contributed by atoms with van der Waals surface area (Å²) in [5.74, 6) is 1.40. The predicted molar refractivity (Wildman–Crippen MR) is 182 cm³/mol. The Morgan fingerprint density at radius 2 is 1.86 bits per heavy atom. The van der Waals surface area contributed by atoms with Crippen molar-refractivity contribution in [3.05, 3.63) is 96.9 Å². The molecule has 14 heteroatoms. The lowest BCUT2D eigenvalue weighted by atomic mass is 10.1. The highest BCUT2D eigenvalue weighted by Crippen LogP contribution is 2.32. The summed E-state index contributed by atoms with van der Waals surface area (Å²) >= 11 is 0. The largest absolute Gasteiger partial charge is 0.493 e. The Labute approximate surface area is 288 Å². The molecule has 14 nitrogen and oxygen atoms in total. The van der Waals surface area contributed by atoms with Crippen LogP contribution in [0.1, 0.15) is 24.3 Å². The van der Waals surface area contributed by atoms with Gasteiger partial charge in [0.1, 0.15) is 11.9 Å². The molecule has 0 radical (unpaired) electrons. The van der Waals surface area contributed by atoms with E-state index in [0.717, 1.165) is 16.7 Å². The van der Waals surface area contributed by atoms with Crippen LogP contribution in [0.5, 0.6) is 11.5 Å². The fourth-order valence-electron chi connectivity index (χ4n) is 5.65. The molecule has 6 rings (SSSR count). The van der Waals surface area contributed by atoms with Crippen molar-refractivity contribution in [3.63, 3.8) is 0 Å². The lowest BCUT2D eigenvalue weighted by molar-refractivity contribution is -0.137. The van der Waals surface area contributed by atoms with Gasteiger partial charge in [-0.05, 0) is 42.3 Å². The van der Waals surface area contributed by atoms with Crippen LogP contribution < -0.4 is 20.1 Å². The maximum absolute atomic E-state index is 13.6. The number of methoxy groups -OCH3 is 1. The van der Waals surface area contributed by atoms with Crippen molar-refractivity contribution >= 4 is 17.7 Å². The summed E-state index contributed by atoms with van der Waals surface area (Å²) in [6, 6.07) is 17.7. The first-order valence-electron chi connectivity index (χ1n) is 16.4. The summed E-state index contributed by atoms with van der Waals surface area (Å²) in [6.45, 7) is 0.965. The summed E-state index contributed by atoms with van der Waals surface area (Å²) in [5.41, 5.74) is 2.45. The van der Waals surface area contributed by atoms with Crippen molar-refractivity contribution in [1.82, 2.24) is 40.2 Å². The molecule has 1 atom stereocenters. The number of carbonyl (C=O) groups excluding carboxylic acids is 3. The Hall–Kier alpha value is -6.05. The SMILES string of the molecule is COc1ccc2cc1OCCCN(C(=O)CCc1nc(-c3ccncc3)no1)CC(=O)N[C@@H](Cc1ccccc1)C(=O)NCCn1ccnc1-2. The topological polar surface area (TPSA) is 167 Å². The van der Waals surface area contributed by atoms with Crippen LogP contribution in [0.4, 0.5) is 0 Å². The zero-order chi connectivity index (χ0) is 34.7. The van der Waals surface area contributed by atoms with Crippen molar-refractivity contribution in [2.75, 3.05) is 33.4 Å². The Kier molecular flexibility index (Phi) is 11.1. The number of hydrogen-bond donors (Lipinski definition) is 2. The van der Waals surface area contributed by atoms with Gasteiger partial charge in [-0.15, -0.1) is 0 Å². The first kappa shape index (κ1) is 33.8. The number of aryl methyl sites for hydroxylation is 1. The lowest BCUT2D eigenvalue weighted by Gasteiger charge is -2.25. The number of pyridine rings is 1. The van der Waals surface area contributed by atoms with E-state index >= 15 is 0 Å². The van der Waals surface area contributed by atoms with Gasteiger partial charge in [-0.3, -0.25) is 19.4 Å². The van der Waals surface area contributed by atoms with Crippen molar-refractivity contribution < 1.29 is 28.4 Å². The molecule has 0 unspecified atom stereocenters. The van der Waals surface area contributed by atoms with Crippen molar-refractivity contribution in [2.24, 2.45) is 0 Å². The minimum Gasteiger partial charge on any atom is -0.493 e. The number of rotatable bonds is 7. The highest BCUT2D eigenvalue weighted by Gasteiger charge is 2.25. The molecule has 0 spiro atoms. The fraction of sp³-hybridized carbons (Fsp3) is 0.306. The van der Waals surface area contributed by atoms with E-state index in [4.69, 9.17) is 14.0 Å². The highest BCUT2D eigenvalue weighted by molar-refractivity contribution is 5.90. The normalized spacial score (nSPS) is 15.9. The van der Waals surface area contributed by atoms with Gasteiger partial charge >= 0.3 is 0 Å². The summed E-state index contributed by atoms with van der Waals surface area (Å²) < 4.78 is 19.0. The molecule has 0 saturated carbocycles. The smallest absolute Gasteiger partial charge is 0.242 e. The highest BCUT2D eigenvalue weighted by atomic mass is 16.5. The van der Waals surface area contributed by atoms with Gasteiger partial charge in [-0.25, -0.2) is 4.98 Å². The Morgan fingerprint density at radius 1 is 1.02 bits per heavy atom. The number of nitrogens with zero attached hydrogens (tertiary/aromatic N) is 6. The van der Waals surface area contributed by atoms with E-state index in [9.17, 15) is 14.4 Å². The molecule has 4 heterocycles. The van der Waals surface area contributed by atoms with E-state index in [0.29, 0.717) is 48.5 Å². The molecule has 1 aliphatic rings. The van der Waals surface area contributed by atoms with Gasteiger partial charge in [0, 0.05) is 74.8 Å². The van der Waals surface area contributed by atoms with Gasteiger partial charge in [0.25, 0.3) is 0 Å². The Bertz CT molecular complexity index is 1890. The molecule has 5 aromatic rings. The summed E-state index contributed by atoms with van der Waals surface area (Å²) in [4.78, 5) is 55.0. The van der Waals surface area contributed by atoms with E-state index in [1.807, 2.05) is 59.3 Å². The number of imidazole rings is 1. The third-order valence-electron chi connectivity index (χ3n) is 8.20. The van der Waals surface area contributed by atoms with E-state index in [-0.39, 0.29) is 50.8 Å². The predicted octanol–water partition coefficient (Wildman–Crippen LogP) is 3.09. The fourth-order valence-corrected chi connectivity index (χ4v) is 5.65. The quantitative estimate of drug-likeness (QED) is 0.261. The second-order valence-electron chi connectivity index (χ2n) is 11.7. The van der Waals surface area contributed by atoms with Crippen LogP contribution in [-0.4, -0.2) is 86.7 Å². The second-order valence-corrected chi connectivity index (χ2v) is 11.7. The van der Waals surface area contributed by atoms with Crippen molar-refractivity contribution in [1.29, 1.82) is 0 Å². The van der Waals surface area contributed by atoms with Gasteiger partial charge in [-0.2, -0.15) is 4.98 Å². The summed E-state index contributed by atoms with van der Waals surface area (Å²) in [5, 5.41) is 9.85. The first-order chi connectivity index (χ1) is 24.5. The van der Waals surface area contributed by atoms with Crippen LogP contribution in [0.25, 0.3) is 22.8 Å². The van der Waals surface area contributed by atoms with Crippen molar-refractivity contribution in [2.45, 2.75) is 38.3 Å². The maximum Gasteiger partial charge on any atom is 0.242 e. The third-order valence-corrected chi connectivity index (χ3v) is 8.20. The number of benzene rings is 2. The summed E-state index contributed by atoms with van der Waals surface area (Å²) in [7, 11) is 1.57. The molecule has 0 fully saturated rings. The number of nitrogens with one attached hydrogen (secondary N) is 2. The summed E-state index contributed by atoms with van der Waals surface area (Å²) in [6.07, 6.45) is 7.72. The van der Waals surface area contributed by atoms with E-state index in [1.165, 1.54) is 4.90 Å². The van der Waals surface area contributed by atoms with Crippen LogP contribution in [-0.2, 0) is 33.8 Å². The molecule has 2 aromatic carbocycles. The molecule has 258 valence electrons. The van der Waals surface area contributed by atoms with E-state index in [2.05, 4.69) is 30.7 Å². The average molecular weight is 679 g/mol. The minimum atomic E-state index is -0.861. The molecule has 1 aliphatic heterocycles. The van der Waals surface area contributed by atoms with Crippen molar-refractivity contribution in [3.8, 4) is 34.3 Å². The standard InChI is InChI=1S/C36H38N8O6/c1-48-29-9-8-27-23-30(29)49-21-5-18-44(33(46)11-10-32-41-34(42-50-32)26-12-14-37-15-13-26)24-31(45)40-28(22-25-6-3-2-4-7-25)36(47)39-17-20-43-19-16-38-35(27)43/h2-4,6-9,12-16,19,23,28H,5,10-11,17-18,20-22,24H2,1H3,(H,39,47)(H,40,45)/t28-/m0/s1. The molecule has 3 aromatic heterocycles. The zero-order valence-corrected chi connectivity index (χ0v) is 27.7. The molecule has 3 amide bonds. The van der Waals surface area contributed by atoms with E-state index < -0.39 is 11.9 Å². The van der Waals surface area contributed by atoms with Gasteiger partial charge in [-0.1, -0.05) is 35.5 Å². The molecule has 50 heavy (non-hydrogen) atoms. The lowest BCUT2D eigenvalue weighted by Crippen LogP contribution is -2.51. The number of hydrogen-bond acceptors (Lipinski definition) is 10. The van der Waals surface area contributed by atoms with Gasteiger partial charge in [0.15, 0.2) is 11.5 Å². The minimum absolute atomic E-state index is 0.0303. The number of ether oxygens (including phenoxy) is 2. The maximum atomic E-state index is 13.6. The molecule has 2 N–H and O–H groups in total. The number of carbonyl (C=O) groups is 3. The monoisotopic (exact) mass is 678 g/mol. The van der Waals surface area contributed by atoms with Gasteiger partial charge in [0.2, 0.25) is 29.4 Å². The number of aromatic nitrogens is 5. The van der Waals surface area contributed by atoms with E-state index in [1.54, 1.807) is 37.8 Å². The number of fused-ring (bicyclic) bond motifs is 4. The van der Waals surface area contributed by atoms with Gasteiger partial charge < -0.3 is 34.1 Å². The first-order valence-corrected chi connectivity index (χ1v) is 16.4. The van der Waals surface area contributed by atoms with Crippen LogP contribution in [0.3, 0.4) is 0 Å². The molecule has 0 aliphatic carbocycles. The molecular weight excluding hydrogens is 640 g/mol. The molecular formula is C36H38N8O6. The Morgan fingerprint density at radius 3 is 2.68 bits per heavy atom. The van der Waals surface area contributed by atoms with Crippen LogP contribution in [0.2, 0.25) is 0 Å². The average Bonchev–Trinajstić information content (AvgIpc) is 3.82. The molecule has 0 saturated heterocycles. The van der Waals surface area contributed by atoms with Gasteiger partial charge in [0.05, 0.1) is 20.3 Å². The van der Waals surface area contributed by atoms with Crippen LogP contribution >= 0.6 is 0 Å². The zero-order valence-electron chi connectivity index (χ0n) is 27.7. The second kappa shape index (κ2) is 16.4.